The third kappa shape index (κ3) is 2.41. The Morgan fingerprint density at radius 3 is 2.05 bits per heavy atom. The third-order valence-corrected chi connectivity index (χ3v) is 3.74. The second-order valence-electron chi connectivity index (χ2n) is 6.37. The first-order valence-corrected chi connectivity index (χ1v) is 7.26. The summed E-state index contributed by atoms with van der Waals surface area (Å²) in [4.78, 5) is 4.73. The van der Waals surface area contributed by atoms with Gasteiger partial charge < -0.3 is 4.42 Å². The summed E-state index contributed by atoms with van der Waals surface area (Å²) in [6.45, 7) is 15.4. The van der Waals surface area contributed by atoms with E-state index in [1.807, 2.05) is 0 Å². The smallest absolute Gasteiger partial charge is 0.198 e. The number of hydrogen-bond acceptors (Lipinski definition) is 2. The van der Waals surface area contributed by atoms with Crippen LogP contribution in [0.25, 0.3) is 11.1 Å². The molecule has 1 heterocycles. The molecule has 0 unspecified atom stereocenters. The molecule has 0 atom stereocenters. The standard InChI is InChI=1S/C17H25NO/c1-9(2)13-8-14-16(15(10(3)4)12(13)7)18-17(19-14)11(5)6/h8-11H,1-7H3. The molecule has 1 aromatic carbocycles. The van der Waals surface area contributed by atoms with Gasteiger partial charge in [0.05, 0.1) is 0 Å². The van der Waals surface area contributed by atoms with Crippen LogP contribution >= 0.6 is 0 Å². The number of nitrogens with zero attached hydrogens (tertiary/aromatic N) is 1. The van der Waals surface area contributed by atoms with Crippen LogP contribution < -0.4 is 0 Å². The molecule has 0 aliphatic carbocycles. The van der Waals surface area contributed by atoms with E-state index < -0.39 is 0 Å². The first-order chi connectivity index (χ1) is 8.82. The number of fused-ring (bicyclic) bond motifs is 1. The molecule has 0 saturated heterocycles. The van der Waals surface area contributed by atoms with Crippen LogP contribution in [0.5, 0.6) is 0 Å². The van der Waals surface area contributed by atoms with Gasteiger partial charge in [0.1, 0.15) is 5.52 Å². The minimum Gasteiger partial charge on any atom is -0.440 e. The Bertz CT molecular complexity index is 591. The lowest BCUT2D eigenvalue weighted by molar-refractivity contribution is 0.501. The maximum absolute atomic E-state index is 5.96. The highest BCUT2D eigenvalue weighted by atomic mass is 16.3. The van der Waals surface area contributed by atoms with Crippen molar-refractivity contribution in [2.24, 2.45) is 0 Å². The van der Waals surface area contributed by atoms with Crippen molar-refractivity contribution in [3.63, 3.8) is 0 Å². The fraction of sp³-hybridized carbons (Fsp3) is 0.588. The van der Waals surface area contributed by atoms with Crippen molar-refractivity contribution in [2.45, 2.75) is 66.2 Å². The first kappa shape index (κ1) is 14.1. The summed E-state index contributed by atoms with van der Waals surface area (Å²) < 4.78 is 5.96. The summed E-state index contributed by atoms with van der Waals surface area (Å²) in [7, 11) is 0. The summed E-state index contributed by atoms with van der Waals surface area (Å²) in [5, 5.41) is 0. The predicted octanol–water partition coefficient (Wildman–Crippen LogP) is 5.51. The Balaban J connectivity index is 2.80. The average Bonchev–Trinajstić information content (AvgIpc) is 2.70. The largest absolute Gasteiger partial charge is 0.440 e. The Morgan fingerprint density at radius 1 is 0.947 bits per heavy atom. The van der Waals surface area contributed by atoms with Crippen LogP contribution in [0.4, 0.5) is 0 Å². The number of benzene rings is 1. The summed E-state index contributed by atoms with van der Waals surface area (Å²) >= 11 is 0. The highest BCUT2D eigenvalue weighted by Crippen LogP contribution is 2.35. The van der Waals surface area contributed by atoms with E-state index in [1.54, 1.807) is 0 Å². The summed E-state index contributed by atoms with van der Waals surface area (Å²) in [5.41, 5.74) is 6.10. The van der Waals surface area contributed by atoms with E-state index in [4.69, 9.17) is 9.40 Å². The van der Waals surface area contributed by atoms with E-state index in [0.717, 1.165) is 17.0 Å². The molecule has 2 rings (SSSR count). The van der Waals surface area contributed by atoms with Gasteiger partial charge in [-0.15, -0.1) is 0 Å². The summed E-state index contributed by atoms with van der Waals surface area (Å²) in [6, 6.07) is 2.18. The molecule has 104 valence electrons. The van der Waals surface area contributed by atoms with Crippen LogP contribution in [-0.4, -0.2) is 4.98 Å². The number of rotatable bonds is 3. The normalized spacial score (nSPS) is 12.3. The van der Waals surface area contributed by atoms with Crippen molar-refractivity contribution in [2.75, 3.05) is 0 Å². The van der Waals surface area contributed by atoms with Gasteiger partial charge >= 0.3 is 0 Å². The molecule has 2 aromatic rings. The van der Waals surface area contributed by atoms with Gasteiger partial charge in [-0.1, -0.05) is 41.5 Å². The Hall–Kier alpha value is -1.31. The fourth-order valence-corrected chi connectivity index (χ4v) is 2.78. The minimum absolute atomic E-state index is 0.329. The molecule has 0 amide bonds. The maximum atomic E-state index is 5.96. The molecule has 2 nitrogen and oxygen atoms in total. The van der Waals surface area contributed by atoms with E-state index >= 15 is 0 Å². The Morgan fingerprint density at radius 2 is 1.58 bits per heavy atom. The van der Waals surface area contributed by atoms with Crippen LogP contribution in [0.3, 0.4) is 0 Å². The number of aromatic nitrogens is 1. The van der Waals surface area contributed by atoms with Crippen molar-refractivity contribution in [3.8, 4) is 0 Å². The van der Waals surface area contributed by atoms with Crippen molar-refractivity contribution in [1.82, 2.24) is 4.98 Å². The fourth-order valence-electron chi connectivity index (χ4n) is 2.78. The number of oxazole rings is 1. The van der Waals surface area contributed by atoms with Crippen LogP contribution in [0.15, 0.2) is 10.5 Å². The van der Waals surface area contributed by atoms with Gasteiger partial charge in [0, 0.05) is 5.92 Å². The van der Waals surface area contributed by atoms with Crippen molar-refractivity contribution >= 4 is 11.1 Å². The lowest BCUT2D eigenvalue weighted by atomic mass is 9.88. The predicted molar refractivity (Wildman–Crippen MR) is 81.0 cm³/mol. The van der Waals surface area contributed by atoms with Crippen molar-refractivity contribution < 1.29 is 4.42 Å². The van der Waals surface area contributed by atoms with Gasteiger partial charge in [-0.05, 0) is 41.5 Å². The molecule has 0 aliphatic heterocycles. The zero-order valence-corrected chi connectivity index (χ0v) is 13.2. The maximum Gasteiger partial charge on any atom is 0.198 e. The monoisotopic (exact) mass is 259 g/mol. The van der Waals surface area contributed by atoms with Crippen LogP contribution in [0, 0.1) is 6.92 Å². The zero-order valence-electron chi connectivity index (χ0n) is 13.2. The van der Waals surface area contributed by atoms with E-state index in [9.17, 15) is 0 Å². The molecule has 0 saturated carbocycles. The van der Waals surface area contributed by atoms with E-state index in [2.05, 4.69) is 54.5 Å². The van der Waals surface area contributed by atoms with Gasteiger partial charge in [0.15, 0.2) is 11.5 Å². The molecular formula is C17H25NO. The van der Waals surface area contributed by atoms with Gasteiger partial charge in [-0.3, -0.25) is 0 Å². The van der Waals surface area contributed by atoms with Crippen LogP contribution in [0.1, 0.15) is 81.9 Å². The van der Waals surface area contributed by atoms with Crippen molar-refractivity contribution in [3.05, 3.63) is 28.6 Å². The third-order valence-electron chi connectivity index (χ3n) is 3.74. The lowest BCUT2D eigenvalue weighted by Crippen LogP contribution is -2.00. The van der Waals surface area contributed by atoms with Crippen molar-refractivity contribution in [1.29, 1.82) is 0 Å². The van der Waals surface area contributed by atoms with E-state index in [0.29, 0.717) is 17.8 Å². The first-order valence-electron chi connectivity index (χ1n) is 7.26. The van der Waals surface area contributed by atoms with Crippen LogP contribution in [-0.2, 0) is 0 Å². The molecule has 0 fully saturated rings. The second kappa shape index (κ2) is 4.99. The second-order valence-corrected chi connectivity index (χ2v) is 6.37. The molecule has 19 heavy (non-hydrogen) atoms. The van der Waals surface area contributed by atoms with Gasteiger partial charge in [-0.2, -0.15) is 0 Å². The average molecular weight is 259 g/mol. The Kier molecular flexibility index (Phi) is 3.71. The minimum atomic E-state index is 0.329. The summed E-state index contributed by atoms with van der Waals surface area (Å²) in [5.74, 6) is 2.15. The van der Waals surface area contributed by atoms with E-state index in [1.165, 1.54) is 16.7 Å². The molecular weight excluding hydrogens is 234 g/mol. The molecule has 0 radical (unpaired) electrons. The Labute approximate surface area is 116 Å². The van der Waals surface area contributed by atoms with Gasteiger partial charge in [0.2, 0.25) is 0 Å². The zero-order chi connectivity index (χ0) is 14.3. The van der Waals surface area contributed by atoms with Gasteiger partial charge in [0.25, 0.3) is 0 Å². The van der Waals surface area contributed by atoms with Gasteiger partial charge in [-0.25, -0.2) is 4.98 Å². The molecule has 1 aromatic heterocycles. The highest BCUT2D eigenvalue weighted by molar-refractivity contribution is 5.80. The highest BCUT2D eigenvalue weighted by Gasteiger charge is 2.20. The topological polar surface area (TPSA) is 26.0 Å². The van der Waals surface area contributed by atoms with Crippen LogP contribution in [0.2, 0.25) is 0 Å². The molecule has 2 heteroatoms. The molecule has 0 spiro atoms. The summed E-state index contributed by atoms with van der Waals surface area (Å²) in [6.07, 6.45) is 0. The SMILES string of the molecule is Cc1c(C(C)C)cc2oc(C(C)C)nc2c1C(C)C. The molecule has 0 bridgehead atoms. The quantitative estimate of drug-likeness (QED) is 0.726. The van der Waals surface area contributed by atoms with E-state index in [-0.39, 0.29) is 0 Å². The number of hydrogen-bond donors (Lipinski definition) is 0. The molecule has 0 aliphatic rings. The lowest BCUT2D eigenvalue weighted by Gasteiger charge is -2.16. The molecule has 0 N–H and O–H groups in total.